The van der Waals surface area contributed by atoms with E-state index in [2.05, 4.69) is 5.32 Å². The summed E-state index contributed by atoms with van der Waals surface area (Å²) in [6.07, 6.45) is -5.82. The molecule has 1 heterocycles. The standard InChI is InChI=1S/C22H24ClF3N2O2/c1-21(2,3)27-20(29)28-12-16(13-28)30-19(14-8-10-15(23)11-9-14)17-6-4-5-7-18(17)22(24,25)26/h4-11,16,19H,12-13H2,1-3H3,(H,27,29)/t19-/m1/s1. The molecule has 1 fully saturated rings. The minimum absolute atomic E-state index is 0.0323. The fourth-order valence-electron chi connectivity index (χ4n) is 3.24. The Hall–Kier alpha value is -2.25. The average Bonchev–Trinajstić information content (AvgIpc) is 2.59. The molecule has 0 spiro atoms. The first-order valence-electron chi connectivity index (χ1n) is 9.58. The van der Waals surface area contributed by atoms with Gasteiger partial charge in [0.25, 0.3) is 0 Å². The van der Waals surface area contributed by atoms with E-state index >= 15 is 0 Å². The number of carbonyl (C=O) groups excluding carboxylic acids is 1. The van der Waals surface area contributed by atoms with Gasteiger partial charge in [0.15, 0.2) is 0 Å². The van der Waals surface area contributed by atoms with Crippen LogP contribution in [0.5, 0.6) is 0 Å². The van der Waals surface area contributed by atoms with Crippen LogP contribution in [0.1, 0.15) is 43.6 Å². The second-order valence-corrected chi connectivity index (χ2v) is 8.80. The van der Waals surface area contributed by atoms with E-state index < -0.39 is 17.8 Å². The Morgan fingerprint density at radius 1 is 1.10 bits per heavy atom. The van der Waals surface area contributed by atoms with Gasteiger partial charge in [0.2, 0.25) is 0 Å². The molecule has 0 bridgehead atoms. The van der Waals surface area contributed by atoms with Crippen LogP contribution >= 0.6 is 11.6 Å². The molecule has 3 rings (SSSR count). The molecule has 30 heavy (non-hydrogen) atoms. The molecule has 1 saturated heterocycles. The van der Waals surface area contributed by atoms with Crippen molar-refractivity contribution in [2.24, 2.45) is 0 Å². The van der Waals surface area contributed by atoms with Crippen molar-refractivity contribution < 1.29 is 22.7 Å². The highest BCUT2D eigenvalue weighted by Crippen LogP contribution is 2.39. The lowest BCUT2D eigenvalue weighted by molar-refractivity contribution is -0.140. The zero-order chi connectivity index (χ0) is 22.1. The Kier molecular flexibility index (Phi) is 6.34. The number of benzene rings is 2. The number of urea groups is 1. The summed E-state index contributed by atoms with van der Waals surface area (Å²) < 4.78 is 46.9. The quantitative estimate of drug-likeness (QED) is 0.666. The predicted octanol–water partition coefficient (Wildman–Crippen LogP) is 5.66. The van der Waals surface area contributed by atoms with E-state index in [0.29, 0.717) is 23.7 Å². The molecule has 162 valence electrons. The number of hydrogen-bond acceptors (Lipinski definition) is 2. The van der Waals surface area contributed by atoms with Gasteiger partial charge in [-0.3, -0.25) is 0 Å². The van der Waals surface area contributed by atoms with E-state index in [4.69, 9.17) is 16.3 Å². The summed E-state index contributed by atoms with van der Waals surface area (Å²) in [5, 5.41) is 3.34. The summed E-state index contributed by atoms with van der Waals surface area (Å²) in [6.45, 7) is 6.25. The van der Waals surface area contributed by atoms with Crippen molar-refractivity contribution in [3.63, 3.8) is 0 Å². The minimum Gasteiger partial charge on any atom is -0.362 e. The van der Waals surface area contributed by atoms with Gasteiger partial charge in [-0.1, -0.05) is 41.9 Å². The average molecular weight is 441 g/mol. The molecule has 0 aromatic heterocycles. The number of nitrogens with zero attached hydrogens (tertiary/aromatic N) is 1. The molecular weight excluding hydrogens is 417 g/mol. The first kappa shape index (κ1) is 22.4. The minimum atomic E-state index is -4.51. The monoisotopic (exact) mass is 440 g/mol. The zero-order valence-corrected chi connectivity index (χ0v) is 17.7. The van der Waals surface area contributed by atoms with E-state index in [1.54, 1.807) is 35.2 Å². The second-order valence-electron chi connectivity index (χ2n) is 8.36. The molecule has 0 aliphatic carbocycles. The van der Waals surface area contributed by atoms with Gasteiger partial charge in [0.1, 0.15) is 6.10 Å². The maximum Gasteiger partial charge on any atom is 0.416 e. The molecular formula is C22H24ClF3N2O2. The van der Waals surface area contributed by atoms with Crippen LogP contribution in [0.3, 0.4) is 0 Å². The third kappa shape index (κ3) is 5.46. The number of hydrogen-bond donors (Lipinski definition) is 1. The smallest absolute Gasteiger partial charge is 0.362 e. The van der Waals surface area contributed by atoms with Crippen molar-refractivity contribution in [3.05, 3.63) is 70.2 Å². The lowest BCUT2D eigenvalue weighted by atomic mass is 9.95. The van der Waals surface area contributed by atoms with E-state index in [1.807, 2.05) is 20.8 Å². The Labute approximate surface area is 179 Å². The van der Waals surface area contributed by atoms with Crippen LogP contribution in [-0.2, 0) is 10.9 Å². The molecule has 1 aliphatic rings. The van der Waals surface area contributed by atoms with Gasteiger partial charge in [-0.15, -0.1) is 0 Å². The Balaban J connectivity index is 1.82. The number of likely N-dealkylation sites (tertiary alicyclic amines) is 1. The summed E-state index contributed by atoms with van der Waals surface area (Å²) in [5.74, 6) is 0. The summed E-state index contributed by atoms with van der Waals surface area (Å²) in [6, 6.07) is 11.7. The van der Waals surface area contributed by atoms with Crippen LogP contribution in [0.4, 0.5) is 18.0 Å². The number of nitrogens with one attached hydrogen (secondary N) is 1. The van der Waals surface area contributed by atoms with Gasteiger partial charge in [-0.2, -0.15) is 13.2 Å². The number of alkyl halides is 3. The van der Waals surface area contributed by atoms with Crippen molar-refractivity contribution in [2.45, 2.75) is 44.7 Å². The summed E-state index contributed by atoms with van der Waals surface area (Å²) in [4.78, 5) is 13.8. The normalized spacial score (nSPS) is 16.2. The molecule has 8 heteroatoms. The fourth-order valence-corrected chi connectivity index (χ4v) is 3.36. The SMILES string of the molecule is CC(C)(C)NC(=O)N1CC(O[C@H](c2ccc(Cl)cc2)c2ccccc2C(F)(F)F)C1. The topological polar surface area (TPSA) is 41.6 Å². The molecule has 2 aromatic carbocycles. The summed E-state index contributed by atoms with van der Waals surface area (Å²) in [5.41, 5.74) is -0.522. The second kappa shape index (κ2) is 8.47. The Morgan fingerprint density at radius 2 is 1.70 bits per heavy atom. The lowest BCUT2D eigenvalue weighted by Gasteiger charge is -2.42. The van der Waals surface area contributed by atoms with Gasteiger partial charge in [-0.05, 0) is 50.1 Å². The van der Waals surface area contributed by atoms with Crippen molar-refractivity contribution in [2.75, 3.05) is 13.1 Å². The van der Waals surface area contributed by atoms with Gasteiger partial charge < -0.3 is 15.0 Å². The number of amides is 2. The molecule has 0 saturated carbocycles. The van der Waals surface area contributed by atoms with Gasteiger partial charge in [0, 0.05) is 10.6 Å². The molecule has 1 aliphatic heterocycles. The van der Waals surface area contributed by atoms with Crippen LogP contribution < -0.4 is 5.32 Å². The molecule has 0 radical (unpaired) electrons. The lowest BCUT2D eigenvalue weighted by Crippen LogP contribution is -2.60. The van der Waals surface area contributed by atoms with Crippen molar-refractivity contribution in [3.8, 4) is 0 Å². The summed E-state index contributed by atoms with van der Waals surface area (Å²) >= 11 is 5.95. The van der Waals surface area contributed by atoms with E-state index in [1.165, 1.54) is 12.1 Å². The number of rotatable bonds is 4. The van der Waals surface area contributed by atoms with Crippen LogP contribution in [0.25, 0.3) is 0 Å². The predicted molar refractivity (Wildman–Crippen MR) is 109 cm³/mol. The largest absolute Gasteiger partial charge is 0.416 e. The molecule has 0 unspecified atom stereocenters. The van der Waals surface area contributed by atoms with Crippen molar-refractivity contribution in [1.82, 2.24) is 10.2 Å². The van der Waals surface area contributed by atoms with Crippen LogP contribution in [0.2, 0.25) is 5.02 Å². The molecule has 2 amide bonds. The summed E-state index contributed by atoms with van der Waals surface area (Å²) in [7, 11) is 0. The Morgan fingerprint density at radius 3 is 2.27 bits per heavy atom. The molecule has 1 N–H and O–H groups in total. The van der Waals surface area contributed by atoms with Gasteiger partial charge in [0.05, 0.1) is 24.8 Å². The van der Waals surface area contributed by atoms with Gasteiger partial charge >= 0.3 is 12.2 Å². The highest BCUT2D eigenvalue weighted by atomic mass is 35.5. The number of carbonyl (C=O) groups is 1. The van der Waals surface area contributed by atoms with Crippen LogP contribution in [0.15, 0.2) is 48.5 Å². The van der Waals surface area contributed by atoms with E-state index in [-0.39, 0.29) is 23.2 Å². The zero-order valence-electron chi connectivity index (χ0n) is 17.0. The van der Waals surface area contributed by atoms with Gasteiger partial charge in [-0.25, -0.2) is 4.79 Å². The first-order valence-corrected chi connectivity index (χ1v) is 9.96. The fraction of sp³-hybridized carbons (Fsp3) is 0.409. The molecule has 2 aromatic rings. The van der Waals surface area contributed by atoms with Crippen LogP contribution in [-0.4, -0.2) is 35.7 Å². The van der Waals surface area contributed by atoms with Crippen LogP contribution in [0, 0.1) is 0 Å². The molecule has 1 atom stereocenters. The first-order chi connectivity index (χ1) is 13.9. The highest BCUT2D eigenvalue weighted by molar-refractivity contribution is 6.30. The number of ether oxygens (including phenoxy) is 1. The van der Waals surface area contributed by atoms with E-state index in [9.17, 15) is 18.0 Å². The molecule has 4 nitrogen and oxygen atoms in total. The third-order valence-electron chi connectivity index (χ3n) is 4.67. The Bertz CT molecular complexity index is 888. The maximum atomic E-state index is 13.6. The highest BCUT2D eigenvalue weighted by Gasteiger charge is 2.39. The van der Waals surface area contributed by atoms with E-state index in [0.717, 1.165) is 6.07 Å². The van der Waals surface area contributed by atoms with Crippen molar-refractivity contribution in [1.29, 1.82) is 0 Å². The van der Waals surface area contributed by atoms with Crippen molar-refractivity contribution >= 4 is 17.6 Å². The number of halogens is 4. The third-order valence-corrected chi connectivity index (χ3v) is 4.92. The maximum absolute atomic E-state index is 13.6.